The molecule has 0 aromatic rings. The van der Waals surface area contributed by atoms with Crippen molar-refractivity contribution in [2.45, 2.75) is 12.8 Å². The Morgan fingerprint density at radius 2 is 2.22 bits per heavy atom. The van der Waals surface area contributed by atoms with Gasteiger partial charge in [-0.1, -0.05) is 15.9 Å². The first-order valence-corrected chi connectivity index (χ1v) is 3.33. The van der Waals surface area contributed by atoms with Gasteiger partial charge in [0, 0.05) is 12.0 Å². The molecule has 0 aliphatic heterocycles. The van der Waals surface area contributed by atoms with Crippen LogP contribution in [0.3, 0.4) is 0 Å². The SMILES string of the molecule is N#CCCC(C#N)=CBr. The van der Waals surface area contributed by atoms with Crippen LogP contribution in [0.2, 0.25) is 0 Å². The Labute approximate surface area is 62.5 Å². The summed E-state index contributed by atoms with van der Waals surface area (Å²) in [5, 5.41) is 16.4. The molecule has 0 amide bonds. The van der Waals surface area contributed by atoms with Crippen LogP contribution in [0.5, 0.6) is 0 Å². The molecule has 0 spiro atoms. The molecule has 0 bridgehead atoms. The Morgan fingerprint density at radius 1 is 1.56 bits per heavy atom. The average molecular weight is 185 g/mol. The van der Waals surface area contributed by atoms with Gasteiger partial charge in [-0.25, -0.2) is 0 Å². The number of hydrogen-bond acceptors (Lipinski definition) is 2. The van der Waals surface area contributed by atoms with E-state index in [0.717, 1.165) is 0 Å². The molecule has 0 atom stereocenters. The minimum absolute atomic E-state index is 0.408. The van der Waals surface area contributed by atoms with Crippen LogP contribution in [0.15, 0.2) is 10.6 Å². The van der Waals surface area contributed by atoms with Gasteiger partial charge < -0.3 is 0 Å². The Hall–Kier alpha value is -0.800. The molecule has 0 heterocycles. The first kappa shape index (κ1) is 8.20. The lowest BCUT2D eigenvalue weighted by Gasteiger charge is -1.85. The molecule has 0 saturated heterocycles. The van der Waals surface area contributed by atoms with E-state index in [-0.39, 0.29) is 0 Å². The number of halogens is 1. The largest absolute Gasteiger partial charge is 0.198 e. The summed E-state index contributed by atoms with van der Waals surface area (Å²) < 4.78 is 0. The zero-order valence-corrected chi connectivity index (χ0v) is 6.35. The van der Waals surface area contributed by atoms with Gasteiger partial charge in [-0.2, -0.15) is 10.5 Å². The second-order valence-electron chi connectivity index (χ2n) is 1.40. The van der Waals surface area contributed by atoms with E-state index in [2.05, 4.69) is 15.9 Å². The van der Waals surface area contributed by atoms with Gasteiger partial charge in [0.1, 0.15) is 0 Å². The summed E-state index contributed by atoms with van der Waals surface area (Å²) in [4.78, 5) is 1.55. The van der Waals surface area contributed by atoms with Crippen molar-refractivity contribution in [3.63, 3.8) is 0 Å². The predicted octanol–water partition coefficient (Wildman–Crippen LogP) is 2.09. The van der Waals surface area contributed by atoms with Crippen molar-refractivity contribution in [1.82, 2.24) is 0 Å². The molecule has 2 nitrogen and oxygen atoms in total. The maximum Gasteiger partial charge on any atom is 0.0952 e. The van der Waals surface area contributed by atoms with Crippen molar-refractivity contribution in [1.29, 1.82) is 10.5 Å². The summed E-state index contributed by atoms with van der Waals surface area (Å²) in [7, 11) is 0. The van der Waals surface area contributed by atoms with Crippen LogP contribution in [-0.2, 0) is 0 Å². The van der Waals surface area contributed by atoms with E-state index in [0.29, 0.717) is 18.4 Å². The highest BCUT2D eigenvalue weighted by Gasteiger charge is 1.90. The quantitative estimate of drug-likeness (QED) is 0.618. The lowest BCUT2D eigenvalue weighted by atomic mass is 10.2. The zero-order chi connectivity index (χ0) is 7.11. The molecule has 0 rings (SSSR count). The van der Waals surface area contributed by atoms with Gasteiger partial charge in [0.15, 0.2) is 0 Å². The highest BCUT2D eigenvalue weighted by molar-refractivity contribution is 9.11. The molecule has 0 unspecified atom stereocenters. The number of allylic oxidation sites excluding steroid dienone is 1. The van der Waals surface area contributed by atoms with Gasteiger partial charge in [-0.15, -0.1) is 0 Å². The summed E-state index contributed by atoms with van der Waals surface area (Å²) in [6.07, 6.45) is 0.948. The Balaban J connectivity index is 3.65. The number of hydrogen-bond donors (Lipinski definition) is 0. The number of rotatable bonds is 2. The minimum Gasteiger partial charge on any atom is -0.198 e. The second kappa shape index (κ2) is 5.34. The normalized spacial score (nSPS) is 9.89. The molecule has 0 aliphatic rings. The Bertz CT molecular complexity index is 182. The molecular weight excluding hydrogens is 180 g/mol. The number of nitriles is 2. The van der Waals surface area contributed by atoms with E-state index >= 15 is 0 Å². The molecule has 46 valence electrons. The Morgan fingerprint density at radius 3 is 2.56 bits per heavy atom. The van der Waals surface area contributed by atoms with Gasteiger partial charge in [-0.05, 0) is 11.4 Å². The maximum atomic E-state index is 8.29. The summed E-state index contributed by atoms with van der Waals surface area (Å²) >= 11 is 3.01. The van der Waals surface area contributed by atoms with Crippen molar-refractivity contribution < 1.29 is 0 Å². The molecule has 0 N–H and O–H groups in total. The van der Waals surface area contributed by atoms with Crippen molar-refractivity contribution >= 4 is 15.9 Å². The maximum absolute atomic E-state index is 8.29. The zero-order valence-electron chi connectivity index (χ0n) is 4.76. The van der Waals surface area contributed by atoms with Crippen molar-refractivity contribution in [3.8, 4) is 12.1 Å². The van der Waals surface area contributed by atoms with Crippen LogP contribution >= 0.6 is 15.9 Å². The summed E-state index contributed by atoms with van der Waals surface area (Å²) in [5.74, 6) is 0. The third-order valence-corrected chi connectivity index (χ3v) is 1.33. The van der Waals surface area contributed by atoms with Gasteiger partial charge >= 0.3 is 0 Å². The summed E-state index contributed by atoms with van der Waals surface area (Å²) in [6, 6.07) is 3.90. The van der Waals surface area contributed by atoms with Crippen LogP contribution in [0.25, 0.3) is 0 Å². The molecule has 9 heavy (non-hydrogen) atoms. The van der Waals surface area contributed by atoms with Gasteiger partial charge in [0.25, 0.3) is 0 Å². The molecular formula is C6H5BrN2. The molecule has 0 saturated carbocycles. The smallest absolute Gasteiger partial charge is 0.0952 e. The lowest BCUT2D eigenvalue weighted by molar-refractivity contribution is 1.02. The first-order chi connectivity index (χ1) is 4.35. The van der Waals surface area contributed by atoms with E-state index < -0.39 is 0 Å². The number of nitrogens with zero attached hydrogens (tertiary/aromatic N) is 2. The van der Waals surface area contributed by atoms with Gasteiger partial charge in [-0.3, -0.25) is 0 Å². The third-order valence-electron chi connectivity index (χ3n) is 0.781. The van der Waals surface area contributed by atoms with Crippen LogP contribution in [-0.4, -0.2) is 0 Å². The standard InChI is InChI=1S/C6H5BrN2/c7-4-6(5-9)2-1-3-8/h4H,1-2H2. The second-order valence-corrected chi connectivity index (χ2v) is 1.86. The fourth-order valence-corrected chi connectivity index (χ4v) is 0.657. The third kappa shape index (κ3) is 3.76. The fraction of sp³-hybridized carbons (Fsp3) is 0.333. The average Bonchev–Trinajstić information content (AvgIpc) is 1.91. The molecule has 0 radical (unpaired) electrons. The summed E-state index contributed by atoms with van der Waals surface area (Å²) in [6.45, 7) is 0. The molecule has 0 aromatic heterocycles. The fourth-order valence-electron chi connectivity index (χ4n) is 0.325. The van der Waals surface area contributed by atoms with Crippen LogP contribution in [0.4, 0.5) is 0 Å². The van der Waals surface area contributed by atoms with E-state index in [1.807, 2.05) is 12.1 Å². The Kier molecular flexibility index (Phi) is 4.86. The van der Waals surface area contributed by atoms with Crippen molar-refractivity contribution in [2.24, 2.45) is 0 Å². The van der Waals surface area contributed by atoms with Crippen LogP contribution in [0, 0.1) is 22.7 Å². The predicted molar refractivity (Wildman–Crippen MR) is 37.5 cm³/mol. The van der Waals surface area contributed by atoms with Gasteiger partial charge in [0.05, 0.1) is 12.1 Å². The monoisotopic (exact) mass is 184 g/mol. The van der Waals surface area contributed by atoms with Crippen molar-refractivity contribution in [3.05, 3.63) is 10.6 Å². The van der Waals surface area contributed by atoms with E-state index in [4.69, 9.17) is 10.5 Å². The van der Waals surface area contributed by atoms with E-state index in [1.165, 1.54) is 0 Å². The molecule has 0 aromatic carbocycles. The molecule has 0 fully saturated rings. The highest BCUT2D eigenvalue weighted by Crippen LogP contribution is 2.04. The van der Waals surface area contributed by atoms with E-state index in [9.17, 15) is 0 Å². The van der Waals surface area contributed by atoms with Crippen LogP contribution < -0.4 is 0 Å². The van der Waals surface area contributed by atoms with Crippen LogP contribution in [0.1, 0.15) is 12.8 Å². The van der Waals surface area contributed by atoms with Gasteiger partial charge in [0.2, 0.25) is 0 Å². The first-order valence-electron chi connectivity index (χ1n) is 2.41. The lowest BCUT2D eigenvalue weighted by Crippen LogP contribution is -1.74. The minimum atomic E-state index is 0.408. The van der Waals surface area contributed by atoms with Crippen molar-refractivity contribution in [2.75, 3.05) is 0 Å². The highest BCUT2D eigenvalue weighted by atomic mass is 79.9. The molecule has 0 aliphatic carbocycles. The summed E-state index contributed by atoms with van der Waals surface area (Å²) in [5.41, 5.74) is 0.608. The topological polar surface area (TPSA) is 47.6 Å². The van der Waals surface area contributed by atoms with E-state index in [1.54, 1.807) is 4.99 Å². The molecule has 3 heteroatoms.